The molecule has 0 radical (unpaired) electrons. The highest BCUT2D eigenvalue weighted by atomic mass is 16.3. The molecule has 1 aliphatic heterocycles. The van der Waals surface area contributed by atoms with E-state index in [1.54, 1.807) is 0 Å². The molecule has 0 unspecified atom stereocenters. The van der Waals surface area contributed by atoms with Crippen LogP contribution in [0.25, 0.3) is 0 Å². The summed E-state index contributed by atoms with van der Waals surface area (Å²) in [5, 5.41) is 11.1. The number of hydrogen-bond donors (Lipinski definition) is 1. The number of carbonyl (C=O) groups excluding carboxylic acids is 1. The van der Waals surface area contributed by atoms with Gasteiger partial charge in [-0.3, -0.25) is 9.69 Å². The Balaban J connectivity index is 2.07. The van der Waals surface area contributed by atoms with E-state index in [2.05, 4.69) is 17.1 Å². The number of hydrogen-bond acceptors (Lipinski definition) is 4. The number of nitrogens with one attached hydrogen (secondary N) is 1. The number of carbonyl (C=O) groups is 1. The Morgan fingerprint density at radius 2 is 2.33 bits per heavy atom. The molecule has 1 saturated heterocycles. The van der Waals surface area contributed by atoms with Crippen molar-refractivity contribution in [1.29, 1.82) is 5.26 Å². The van der Waals surface area contributed by atoms with Crippen molar-refractivity contribution in [1.82, 2.24) is 10.2 Å². The summed E-state index contributed by atoms with van der Waals surface area (Å²) in [6.45, 7) is 3.36. The molecule has 114 valence electrons. The molecule has 1 fully saturated rings. The predicted octanol–water partition coefficient (Wildman–Crippen LogP) is 2.40. The van der Waals surface area contributed by atoms with Crippen molar-refractivity contribution in [2.45, 2.75) is 45.1 Å². The first kappa shape index (κ1) is 15.6. The average Bonchev–Trinajstić information content (AvgIpc) is 2.85. The van der Waals surface area contributed by atoms with E-state index >= 15 is 0 Å². The monoisotopic (exact) mass is 289 g/mol. The van der Waals surface area contributed by atoms with Gasteiger partial charge in [-0.1, -0.05) is 19.8 Å². The molecule has 5 nitrogen and oxygen atoms in total. The highest BCUT2D eigenvalue weighted by Gasteiger charge is 2.26. The highest BCUT2D eigenvalue weighted by Crippen LogP contribution is 2.31. The zero-order valence-corrected chi connectivity index (χ0v) is 12.6. The third-order valence-electron chi connectivity index (χ3n) is 3.93. The molecule has 1 atom stereocenters. The quantitative estimate of drug-likeness (QED) is 0.845. The van der Waals surface area contributed by atoms with Crippen LogP contribution in [0.4, 0.5) is 0 Å². The van der Waals surface area contributed by atoms with Crippen LogP contribution in [0.1, 0.15) is 50.2 Å². The summed E-state index contributed by atoms with van der Waals surface area (Å²) >= 11 is 0. The first-order chi connectivity index (χ1) is 10.2. The topological polar surface area (TPSA) is 69.3 Å². The lowest BCUT2D eigenvalue weighted by Crippen LogP contribution is -2.39. The van der Waals surface area contributed by atoms with Gasteiger partial charge in [-0.2, -0.15) is 5.26 Å². The molecule has 0 spiro atoms. The molecule has 2 heterocycles. The number of aryl methyl sites for hydroxylation is 1. The van der Waals surface area contributed by atoms with E-state index < -0.39 is 0 Å². The number of rotatable bonds is 5. The van der Waals surface area contributed by atoms with Crippen LogP contribution in [0.5, 0.6) is 0 Å². The maximum Gasteiger partial charge on any atom is 0.235 e. The van der Waals surface area contributed by atoms with Crippen LogP contribution in [0.2, 0.25) is 0 Å². The van der Waals surface area contributed by atoms with Crippen LogP contribution in [0.15, 0.2) is 16.5 Å². The minimum absolute atomic E-state index is 0.0675. The first-order valence-corrected chi connectivity index (χ1v) is 7.71. The van der Waals surface area contributed by atoms with Crippen LogP contribution in [-0.4, -0.2) is 30.4 Å². The maximum atomic E-state index is 11.9. The van der Waals surface area contributed by atoms with E-state index in [-0.39, 0.29) is 18.5 Å². The molecule has 1 aliphatic rings. The summed E-state index contributed by atoms with van der Waals surface area (Å²) in [4.78, 5) is 14.1. The summed E-state index contributed by atoms with van der Waals surface area (Å²) in [6.07, 6.45) is 5.35. The normalized spacial score (nSPS) is 19.7. The lowest BCUT2D eigenvalue weighted by atomic mass is 10.1. The van der Waals surface area contributed by atoms with E-state index in [0.717, 1.165) is 43.7 Å². The van der Waals surface area contributed by atoms with Gasteiger partial charge in [0.2, 0.25) is 5.91 Å². The minimum atomic E-state index is -0.0919. The van der Waals surface area contributed by atoms with Gasteiger partial charge in [-0.25, -0.2) is 0 Å². The van der Waals surface area contributed by atoms with Gasteiger partial charge >= 0.3 is 0 Å². The summed E-state index contributed by atoms with van der Waals surface area (Å²) in [5.41, 5.74) is 0. The van der Waals surface area contributed by atoms with E-state index in [0.29, 0.717) is 6.54 Å². The zero-order valence-electron chi connectivity index (χ0n) is 12.6. The second kappa shape index (κ2) is 7.84. The molecule has 5 heteroatoms. The Kier molecular flexibility index (Phi) is 5.82. The van der Waals surface area contributed by atoms with Crippen molar-refractivity contribution in [2.75, 3.05) is 19.6 Å². The Labute approximate surface area is 125 Å². The van der Waals surface area contributed by atoms with Crippen LogP contribution in [0.3, 0.4) is 0 Å². The summed E-state index contributed by atoms with van der Waals surface area (Å²) in [6, 6.07) is 6.16. The van der Waals surface area contributed by atoms with E-state index in [4.69, 9.17) is 9.68 Å². The Bertz CT molecular complexity index is 504. The SMILES string of the molecule is CCc1ccc([C@@H]2CCCCCN2CC(=O)NCC#N)o1. The van der Waals surface area contributed by atoms with Gasteiger partial charge in [-0.15, -0.1) is 0 Å². The van der Waals surface area contributed by atoms with Gasteiger partial charge in [0.05, 0.1) is 18.7 Å². The highest BCUT2D eigenvalue weighted by molar-refractivity contribution is 5.78. The van der Waals surface area contributed by atoms with Crippen molar-refractivity contribution < 1.29 is 9.21 Å². The number of nitrogens with zero attached hydrogens (tertiary/aromatic N) is 2. The Morgan fingerprint density at radius 3 is 3.05 bits per heavy atom. The van der Waals surface area contributed by atoms with Gasteiger partial charge in [-0.05, 0) is 31.5 Å². The van der Waals surface area contributed by atoms with Gasteiger partial charge in [0.15, 0.2) is 0 Å². The first-order valence-electron chi connectivity index (χ1n) is 7.71. The molecule has 0 bridgehead atoms. The maximum absolute atomic E-state index is 11.9. The summed E-state index contributed by atoms with van der Waals surface area (Å²) in [7, 11) is 0. The largest absolute Gasteiger partial charge is 0.464 e. The van der Waals surface area contributed by atoms with E-state index in [1.807, 2.05) is 18.2 Å². The molecular weight excluding hydrogens is 266 g/mol. The third-order valence-corrected chi connectivity index (χ3v) is 3.93. The molecule has 1 amide bonds. The number of nitriles is 1. The molecule has 2 rings (SSSR count). The number of amides is 1. The standard InChI is InChI=1S/C16H23N3O2/c1-2-13-7-8-15(21-13)14-6-4-3-5-11-19(14)12-16(20)18-10-9-17/h7-8,14H,2-6,10-12H2,1H3,(H,18,20)/t14-/m0/s1. The predicted molar refractivity (Wildman–Crippen MR) is 79.5 cm³/mol. The molecule has 0 saturated carbocycles. The van der Waals surface area contributed by atoms with Gasteiger partial charge in [0, 0.05) is 6.42 Å². The molecule has 1 aromatic heterocycles. The van der Waals surface area contributed by atoms with Crippen molar-refractivity contribution in [3.8, 4) is 6.07 Å². The second-order valence-electron chi connectivity index (χ2n) is 5.43. The molecule has 1 N–H and O–H groups in total. The third kappa shape index (κ3) is 4.33. The number of furan rings is 1. The fraction of sp³-hybridized carbons (Fsp3) is 0.625. The van der Waals surface area contributed by atoms with Crippen LogP contribution >= 0.6 is 0 Å². The van der Waals surface area contributed by atoms with Crippen molar-refractivity contribution in [3.05, 3.63) is 23.7 Å². The fourth-order valence-electron chi connectivity index (χ4n) is 2.82. The fourth-order valence-corrected chi connectivity index (χ4v) is 2.82. The molecule has 0 aromatic carbocycles. The van der Waals surface area contributed by atoms with E-state index in [9.17, 15) is 4.79 Å². The van der Waals surface area contributed by atoms with Gasteiger partial charge in [0.25, 0.3) is 0 Å². The van der Waals surface area contributed by atoms with Crippen LogP contribution < -0.4 is 5.32 Å². The van der Waals surface area contributed by atoms with Gasteiger partial charge < -0.3 is 9.73 Å². The molecule has 1 aromatic rings. The zero-order chi connectivity index (χ0) is 15.1. The summed E-state index contributed by atoms with van der Waals surface area (Å²) in [5.74, 6) is 1.86. The van der Waals surface area contributed by atoms with Crippen LogP contribution in [0, 0.1) is 11.3 Å². The van der Waals surface area contributed by atoms with Gasteiger partial charge in [0.1, 0.15) is 18.1 Å². The van der Waals surface area contributed by atoms with Crippen molar-refractivity contribution >= 4 is 5.91 Å². The second-order valence-corrected chi connectivity index (χ2v) is 5.43. The average molecular weight is 289 g/mol. The number of likely N-dealkylation sites (tertiary alicyclic amines) is 1. The van der Waals surface area contributed by atoms with Crippen LogP contribution in [-0.2, 0) is 11.2 Å². The molecule has 0 aliphatic carbocycles. The van der Waals surface area contributed by atoms with Crippen molar-refractivity contribution in [3.63, 3.8) is 0 Å². The Morgan fingerprint density at radius 1 is 1.48 bits per heavy atom. The molecule has 21 heavy (non-hydrogen) atoms. The lowest BCUT2D eigenvalue weighted by Gasteiger charge is -2.27. The van der Waals surface area contributed by atoms with E-state index in [1.165, 1.54) is 6.42 Å². The minimum Gasteiger partial charge on any atom is -0.464 e. The Hall–Kier alpha value is -1.80. The van der Waals surface area contributed by atoms with Crippen molar-refractivity contribution in [2.24, 2.45) is 0 Å². The smallest absolute Gasteiger partial charge is 0.235 e. The lowest BCUT2D eigenvalue weighted by molar-refractivity contribution is -0.122. The molecular formula is C16H23N3O2. The summed E-state index contributed by atoms with van der Waals surface area (Å²) < 4.78 is 5.90.